The number of carbonyl (C=O) groups is 1. The Bertz CT molecular complexity index is 604. The van der Waals surface area contributed by atoms with Gasteiger partial charge in [-0.15, -0.1) is 0 Å². The summed E-state index contributed by atoms with van der Waals surface area (Å²) in [5.41, 5.74) is 8.99. The molecular formula is C14H18N2O3. The van der Waals surface area contributed by atoms with E-state index in [1.54, 1.807) is 7.11 Å². The van der Waals surface area contributed by atoms with E-state index in [2.05, 4.69) is 4.98 Å². The zero-order chi connectivity index (χ0) is 14.0. The Balaban J connectivity index is 2.42. The lowest BCUT2D eigenvalue weighted by molar-refractivity contribution is -0.137. The number of ether oxygens (including phenoxy) is 1. The molecule has 0 saturated carbocycles. The molecule has 0 radical (unpaired) electrons. The van der Waals surface area contributed by atoms with Gasteiger partial charge in [-0.3, -0.25) is 4.79 Å². The van der Waals surface area contributed by atoms with Crippen LogP contribution in [0.1, 0.15) is 30.0 Å². The van der Waals surface area contributed by atoms with Crippen molar-refractivity contribution in [3.05, 3.63) is 29.5 Å². The number of H-pyrrole nitrogens is 1. The van der Waals surface area contributed by atoms with Crippen LogP contribution >= 0.6 is 0 Å². The molecule has 1 aromatic carbocycles. The lowest BCUT2D eigenvalue weighted by Crippen LogP contribution is -2.13. The van der Waals surface area contributed by atoms with E-state index in [0.717, 1.165) is 27.8 Å². The van der Waals surface area contributed by atoms with E-state index in [0.29, 0.717) is 6.42 Å². The summed E-state index contributed by atoms with van der Waals surface area (Å²) in [5.74, 6) is -0.109. The summed E-state index contributed by atoms with van der Waals surface area (Å²) >= 11 is 0. The molecule has 2 aromatic rings. The number of benzene rings is 1. The first-order chi connectivity index (χ1) is 9.04. The molecular weight excluding hydrogens is 244 g/mol. The van der Waals surface area contributed by atoms with E-state index in [1.165, 1.54) is 0 Å². The minimum atomic E-state index is -0.840. The Labute approximate surface area is 111 Å². The normalized spacial score (nSPS) is 12.6. The molecule has 2 rings (SSSR count). The van der Waals surface area contributed by atoms with E-state index in [-0.39, 0.29) is 12.5 Å². The number of aromatic nitrogens is 1. The molecule has 0 bridgehead atoms. The number of hydrogen-bond acceptors (Lipinski definition) is 3. The van der Waals surface area contributed by atoms with Crippen LogP contribution in [-0.4, -0.2) is 23.2 Å². The lowest BCUT2D eigenvalue weighted by atomic mass is 9.99. The predicted molar refractivity (Wildman–Crippen MR) is 73.4 cm³/mol. The van der Waals surface area contributed by atoms with Gasteiger partial charge in [-0.05, 0) is 25.0 Å². The molecule has 1 aromatic heterocycles. The summed E-state index contributed by atoms with van der Waals surface area (Å²) in [5, 5.41) is 9.73. The molecule has 0 aliphatic rings. The number of rotatable bonds is 5. The van der Waals surface area contributed by atoms with Gasteiger partial charge in [0.15, 0.2) is 0 Å². The summed E-state index contributed by atoms with van der Waals surface area (Å²) < 4.78 is 5.48. The van der Waals surface area contributed by atoms with Gasteiger partial charge in [-0.25, -0.2) is 0 Å². The van der Waals surface area contributed by atoms with E-state index in [9.17, 15) is 4.79 Å². The third kappa shape index (κ3) is 2.56. The first-order valence-electron chi connectivity index (χ1n) is 6.16. The van der Waals surface area contributed by atoms with Gasteiger partial charge in [0.2, 0.25) is 0 Å². The number of hydrogen-bond donors (Lipinski definition) is 3. The fourth-order valence-corrected chi connectivity index (χ4v) is 2.32. The van der Waals surface area contributed by atoms with Gasteiger partial charge in [0.25, 0.3) is 0 Å². The Hall–Kier alpha value is -2.01. The van der Waals surface area contributed by atoms with E-state index in [1.807, 2.05) is 25.3 Å². The third-order valence-electron chi connectivity index (χ3n) is 3.30. The lowest BCUT2D eigenvalue weighted by Gasteiger charge is -2.16. The van der Waals surface area contributed by atoms with Gasteiger partial charge in [-0.2, -0.15) is 0 Å². The van der Waals surface area contributed by atoms with Crippen molar-refractivity contribution in [1.29, 1.82) is 0 Å². The van der Waals surface area contributed by atoms with Gasteiger partial charge in [0.1, 0.15) is 5.75 Å². The number of carboxylic acids is 1. The van der Waals surface area contributed by atoms with E-state index in [4.69, 9.17) is 15.6 Å². The molecule has 0 saturated heterocycles. The van der Waals surface area contributed by atoms with Crippen molar-refractivity contribution in [1.82, 2.24) is 4.98 Å². The van der Waals surface area contributed by atoms with Crippen LogP contribution in [0.5, 0.6) is 5.75 Å². The number of carboxylic acid groups (broad SMARTS) is 1. The zero-order valence-corrected chi connectivity index (χ0v) is 11.1. The minimum Gasteiger partial charge on any atom is -0.496 e. The maximum Gasteiger partial charge on any atom is 0.303 e. The van der Waals surface area contributed by atoms with Crippen molar-refractivity contribution in [2.45, 2.75) is 25.8 Å². The average Bonchev–Trinajstić information content (AvgIpc) is 2.76. The summed E-state index contributed by atoms with van der Waals surface area (Å²) in [7, 11) is 1.61. The highest BCUT2D eigenvalue weighted by molar-refractivity contribution is 5.90. The van der Waals surface area contributed by atoms with Crippen LogP contribution in [0, 0.1) is 6.92 Å². The van der Waals surface area contributed by atoms with Crippen LogP contribution in [0.15, 0.2) is 18.3 Å². The Morgan fingerprint density at radius 3 is 2.89 bits per heavy atom. The molecule has 5 nitrogen and oxygen atoms in total. The van der Waals surface area contributed by atoms with Crippen LogP contribution in [0.25, 0.3) is 10.9 Å². The fourth-order valence-electron chi connectivity index (χ4n) is 2.32. The maximum atomic E-state index is 10.6. The minimum absolute atomic E-state index is 0.0501. The SMILES string of the molecule is COc1c(C(N)CCC(=O)O)ccc2[nH]cc(C)c12. The molecule has 0 aliphatic heterocycles. The molecule has 0 amide bonds. The Morgan fingerprint density at radius 1 is 1.53 bits per heavy atom. The highest BCUT2D eigenvalue weighted by Gasteiger charge is 2.17. The molecule has 0 aliphatic carbocycles. The number of nitrogens with two attached hydrogens (primary N) is 1. The predicted octanol–water partition coefficient (Wildman–Crippen LogP) is 2.35. The van der Waals surface area contributed by atoms with Crippen molar-refractivity contribution in [2.24, 2.45) is 5.73 Å². The van der Waals surface area contributed by atoms with Crippen LogP contribution < -0.4 is 10.5 Å². The van der Waals surface area contributed by atoms with Gasteiger partial charge in [0.05, 0.1) is 7.11 Å². The second kappa shape index (κ2) is 5.32. The second-order valence-electron chi connectivity index (χ2n) is 4.62. The number of aryl methyl sites for hydroxylation is 1. The van der Waals surface area contributed by atoms with Crippen molar-refractivity contribution in [3.8, 4) is 5.75 Å². The molecule has 102 valence electrons. The number of methoxy groups -OCH3 is 1. The monoisotopic (exact) mass is 262 g/mol. The van der Waals surface area contributed by atoms with Gasteiger partial charge in [-0.1, -0.05) is 6.07 Å². The molecule has 19 heavy (non-hydrogen) atoms. The topological polar surface area (TPSA) is 88.3 Å². The van der Waals surface area contributed by atoms with Crippen LogP contribution in [-0.2, 0) is 4.79 Å². The van der Waals surface area contributed by atoms with Gasteiger partial charge >= 0.3 is 5.97 Å². The highest BCUT2D eigenvalue weighted by atomic mass is 16.5. The highest BCUT2D eigenvalue weighted by Crippen LogP contribution is 2.35. The van der Waals surface area contributed by atoms with Crippen LogP contribution in [0.4, 0.5) is 0 Å². The average molecular weight is 262 g/mol. The molecule has 0 fully saturated rings. The zero-order valence-electron chi connectivity index (χ0n) is 11.1. The first-order valence-corrected chi connectivity index (χ1v) is 6.16. The van der Waals surface area contributed by atoms with Gasteiger partial charge < -0.3 is 20.6 Å². The third-order valence-corrected chi connectivity index (χ3v) is 3.30. The summed E-state index contributed by atoms with van der Waals surface area (Å²) in [6.45, 7) is 1.99. The molecule has 1 atom stereocenters. The van der Waals surface area contributed by atoms with E-state index >= 15 is 0 Å². The number of aliphatic carboxylic acids is 1. The van der Waals surface area contributed by atoms with Crippen LogP contribution in [0.2, 0.25) is 0 Å². The largest absolute Gasteiger partial charge is 0.496 e. The molecule has 1 heterocycles. The quantitative estimate of drug-likeness (QED) is 0.771. The molecule has 1 unspecified atom stereocenters. The smallest absolute Gasteiger partial charge is 0.303 e. The number of aromatic amines is 1. The van der Waals surface area contributed by atoms with Crippen molar-refractivity contribution in [3.63, 3.8) is 0 Å². The van der Waals surface area contributed by atoms with Crippen molar-refractivity contribution >= 4 is 16.9 Å². The second-order valence-corrected chi connectivity index (χ2v) is 4.62. The summed E-state index contributed by atoms with van der Waals surface area (Å²) in [6, 6.07) is 3.49. The fraction of sp³-hybridized carbons (Fsp3) is 0.357. The number of fused-ring (bicyclic) bond motifs is 1. The summed E-state index contributed by atoms with van der Waals surface area (Å²) in [4.78, 5) is 13.8. The molecule has 5 heteroatoms. The van der Waals surface area contributed by atoms with E-state index < -0.39 is 5.97 Å². The first kappa shape index (κ1) is 13.4. The Morgan fingerprint density at radius 2 is 2.26 bits per heavy atom. The van der Waals surface area contributed by atoms with Crippen molar-refractivity contribution < 1.29 is 14.6 Å². The summed E-state index contributed by atoms with van der Waals surface area (Å²) in [6.07, 6.45) is 2.36. The van der Waals surface area contributed by atoms with Crippen LogP contribution in [0.3, 0.4) is 0 Å². The van der Waals surface area contributed by atoms with Crippen molar-refractivity contribution in [2.75, 3.05) is 7.11 Å². The maximum absolute atomic E-state index is 10.6. The standard InChI is InChI=1S/C14H18N2O3/c1-8-7-16-11-5-3-9(14(19-2)13(8)11)10(15)4-6-12(17)18/h3,5,7,10,16H,4,6,15H2,1-2H3,(H,17,18). The Kier molecular flexibility index (Phi) is 3.76. The number of nitrogens with one attached hydrogen (secondary N) is 1. The van der Waals surface area contributed by atoms with Gasteiger partial charge in [0, 0.05) is 35.1 Å². The molecule has 4 N–H and O–H groups in total. The molecule has 0 spiro atoms.